The van der Waals surface area contributed by atoms with Crippen molar-refractivity contribution in [2.45, 2.75) is 12.7 Å². The molecule has 0 radical (unpaired) electrons. The molecule has 150 valence electrons. The standard InChI is InChI=1S/C19H15ClFN9/c20-16-14(9-25-28-16)26-15-5-6-22-19(18-23-7-12-8-24-29-17(12)27-18)30(15)10-11-3-1-2-4-13(11)21/h1-9,15,26H,10H2,(H,25,28)(H,23,24,27,29). The second kappa shape index (κ2) is 7.56. The van der Waals surface area contributed by atoms with Gasteiger partial charge in [-0.05, 0) is 12.1 Å². The number of aromatic amines is 2. The zero-order valence-electron chi connectivity index (χ0n) is 15.4. The molecule has 5 rings (SSSR count). The van der Waals surface area contributed by atoms with Crippen molar-refractivity contribution in [1.82, 2.24) is 35.3 Å². The molecule has 0 aliphatic carbocycles. The lowest BCUT2D eigenvalue weighted by atomic mass is 10.1. The van der Waals surface area contributed by atoms with Crippen molar-refractivity contribution in [2.24, 2.45) is 4.99 Å². The Morgan fingerprint density at radius 1 is 1.13 bits per heavy atom. The van der Waals surface area contributed by atoms with Crippen LogP contribution >= 0.6 is 11.6 Å². The Hall–Kier alpha value is -3.79. The second-order valence-electron chi connectivity index (χ2n) is 6.57. The summed E-state index contributed by atoms with van der Waals surface area (Å²) < 4.78 is 14.4. The van der Waals surface area contributed by atoms with E-state index in [9.17, 15) is 4.39 Å². The number of halogens is 2. The topological polar surface area (TPSA) is 111 Å². The van der Waals surface area contributed by atoms with Gasteiger partial charge in [0.1, 0.15) is 17.1 Å². The maximum atomic E-state index is 14.4. The van der Waals surface area contributed by atoms with E-state index in [1.165, 1.54) is 6.07 Å². The van der Waals surface area contributed by atoms with Crippen LogP contribution in [0.1, 0.15) is 11.4 Å². The van der Waals surface area contributed by atoms with E-state index < -0.39 is 6.17 Å². The van der Waals surface area contributed by atoms with Gasteiger partial charge in [-0.1, -0.05) is 29.8 Å². The van der Waals surface area contributed by atoms with E-state index >= 15 is 0 Å². The predicted molar refractivity (Wildman–Crippen MR) is 110 cm³/mol. The summed E-state index contributed by atoms with van der Waals surface area (Å²) in [6.07, 6.45) is 7.98. The highest BCUT2D eigenvalue weighted by atomic mass is 35.5. The van der Waals surface area contributed by atoms with E-state index in [2.05, 4.69) is 40.7 Å². The molecule has 1 aliphatic heterocycles. The van der Waals surface area contributed by atoms with Gasteiger partial charge < -0.3 is 10.2 Å². The molecule has 4 aromatic rings. The molecule has 3 aromatic heterocycles. The molecule has 0 fully saturated rings. The van der Waals surface area contributed by atoms with Crippen LogP contribution in [-0.4, -0.2) is 47.3 Å². The van der Waals surface area contributed by atoms with Crippen LogP contribution in [0.4, 0.5) is 10.1 Å². The van der Waals surface area contributed by atoms with Crippen molar-refractivity contribution in [3.8, 4) is 0 Å². The number of nitrogens with one attached hydrogen (secondary N) is 3. The SMILES string of the molecule is Fc1ccccc1CN1C(c2ncc3cn[nH]c3n2)=NC=CC1Nc1cn[nH]c1Cl. The van der Waals surface area contributed by atoms with Crippen LogP contribution in [0, 0.1) is 5.82 Å². The third-order valence-electron chi connectivity index (χ3n) is 4.66. The van der Waals surface area contributed by atoms with Crippen LogP contribution in [0.15, 0.2) is 60.1 Å². The largest absolute Gasteiger partial charge is 0.358 e. The van der Waals surface area contributed by atoms with E-state index in [1.807, 2.05) is 11.0 Å². The summed E-state index contributed by atoms with van der Waals surface area (Å²) in [6, 6.07) is 6.60. The highest BCUT2D eigenvalue weighted by Gasteiger charge is 2.27. The minimum Gasteiger partial charge on any atom is -0.358 e. The summed E-state index contributed by atoms with van der Waals surface area (Å²) in [7, 11) is 0. The smallest absolute Gasteiger partial charge is 0.197 e. The number of hydrogen-bond acceptors (Lipinski definition) is 7. The highest BCUT2D eigenvalue weighted by Crippen LogP contribution is 2.24. The molecule has 0 bridgehead atoms. The summed E-state index contributed by atoms with van der Waals surface area (Å²) in [5.41, 5.74) is 1.70. The minimum atomic E-state index is -0.395. The fourth-order valence-corrected chi connectivity index (χ4v) is 3.33. The molecule has 1 atom stereocenters. The molecule has 4 heterocycles. The number of amidine groups is 1. The summed E-state index contributed by atoms with van der Waals surface area (Å²) in [6.45, 7) is 0.230. The molecule has 1 aliphatic rings. The summed E-state index contributed by atoms with van der Waals surface area (Å²) >= 11 is 6.15. The highest BCUT2D eigenvalue weighted by molar-refractivity contribution is 6.31. The third-order valence-corrected chi connectivity index (χ3v) is 4.95. The van der Waals surface area contributed by atoms with E-state index in [1.54, 1.807) is 43.0 Å². The summed E-state index contributed by atoms with van der Waals surface area (Å²) in [5.74, 6) is 0.559. The maximum Gasteiger partial charge on any atom is 0.197 e. The molecule has 0 saturated heterocycles. The van der Waals surface area contributed by atoms with Gasteiger partial charge >= 0.3 is 0 Å². The Labute approximate surface area is 174 Å². The fraction of sp³-hybridized carbons (Fsp3) is 0.105. The Kier molecular flexibility index (Phi) is 4.60. The number of rotatable bonds is 5. The van der Waals surface area contributed by atoms with E-state index in [0.717, 1.165) is 5.39 Å². The summed E-state index contributed by atoms with van der Waals surface area (Å²) in [4.78, 5) is 15.3. The average Bonchev–Trinajstić information content (AvgIpc) is 3.39. The number of fused-ring (bicyclic) bond motifs is 1. The number of aromatic nitrogens is 6. The zero-order chi connectivity index (χ0) is 20.5. The van der Waals surface area contributed by atoms with Crippen LogP contribution in [0.3, 0.4) is 0 Å². The van der Waals surface area contributed by atoms with Crippen molar-refractivity contribution in [1.29, 1.82) is 0 Å². The number of aliphatic imine (C=N–C) groups is 1. The molecule has 9 nitrogen and oxygen atoms in total. The van der Waals surface area contributed by atoms with Crippen molar-refractivity contribution in [3.05, 3.63) is 77.5 Å². The van der Waals surface area contributed by atoms with Gasteiger partial charge in [0, 0.05) is 24.5 Å². The monoisotopic (exact) mass is 423 g/mol. The molecule has 3 N–H and O–H groups in total. The molecule has 1 aromatic carbocycles. The molecule has 0 spiro atoms. The van der Waals surface area contributed by atoms with Crippen LogP contribution in [0.5, 0.6) is 0 Å². The van der Waals surface area contributed by atoms with Gasteiger partial charge in [0.2, 0.25) is 0 Å². The van der Waals surface area contributed by atoms with Crippen LogP contribution in [0.25, 0.3) is 11.0 Å². The Balaban J connectivity index is 1.54. The number of benzene rings is 1. The first-order valence-corrected chi connectivity index (χ1v) is 9.43. The maximum absolute atomic E-state index is 14.4. The van der Waals surface area contributed by atoms with Gasteiger partial charge in [-0.15, -0.1) is 0 Å². The van der Waals surface area contributed by atoms with Gasteiger partial charge in [0.05, 0.1) is 23.5 Å². The predicted octanol–water partition coefficient (Wildman–Crippen LogP) is 3.08. The van der Waals surface area contributed by atoms with Gasteiger partial charge in [-0.2, -0.15) is 10.2 Å². The quantitative estimate of drug-likeness (QED) is 0.455. The number of H-pyrrole nitrogens is 2. The lowest BCUT2D eigenvalue weighted by Gasteiger charge is -2.34. The molecule has 11 heteroatoms. The van der Waals surface area contributed by atoms with Crippen LogP contribution in [0.2, 0.25) is 5.15 Å². The third kappa shape index (κ3) is 3.37. The molecule has 1 unspecified atom stereocenters. The average molecular weight is 424 g/mol. The first-order valence-electron chi connectivity index (χ1n) is 9.05. The van der Waals surface area contributed by atoms with Crippen molar-refractivity contribution in [3.63, 3.8) is 0 Å². The summed E-state index contributed by atoms with van der Waals surface area (Å²) in [5, 5.41) is 17.8. The van der Waals surface area contributed by atoms with Gasteiger partial charge in [-0.25, -0.2) is 19.4 Å². The molecule has 0 amide bonds. The number of nitrogens with zero attached hydrogens (tertiary/aromatic N) is 6. The lowest BCUT2D eigenvalue weighted by molar-refractivity contribution is 0.364. The molecular formula is C19H15ClFN9. The van der Waals surface area contributed by atoms with E-state index in [4.69, 9.17) is 11.6 Å². The van der Waals surface area contributed by atoms with Gasteiger partial charge in [0.15, 0.2) is 17.3 Å². The van der Waals surface area contributed by atoms with Crippen molar-refractivity contribution >= 4 is 34.2 Å². The fourth-order valence-electron chi connectivity index (χ4n) is 3.18. The van der Waals surface area contributed by atoms with Gasteiger partial charge in [0.25, 0.3) is 0 Å². The second-order valence-corrected chi connectivity index (χ2v) is 6.95. The molecular weight excluding hydrogens is 409 g/mol. The first kappa shape index (κ1) is 18.3. The van der Waals surface area contributed by atoms with Crippen LogP contribution in [-0.2, 0) is 6.54 Å². The van der Waals surface area contributed by atoms with Crippen molar-refractivity contribution in [2.75, 3.05) is 5.32 Å². The lowest BCUT2D eigenvalue weighted by Crippen LogP contribution is -2.45. The first-order chi connectivity index (χ1) is 14.7. The Bertz CT molecular complexity index is 1260. The Morgan fingerprint density at radius 3 is 2.83 bits per heavy atom. The number of anilines is 1. The van der Waals surface area contributed by atoms with E-state index in [-0.39, 0.29) is 12.4 Å². The van der Waals surface area contributed by atoms with Crippen molar-refractivity contribution < 1.29 is 4.39 Å². The molecule has 0 saturated carbocycles. The van der Waals surface area contributed by atoms with Crippen LogP contribution < -0.4 is 5.32 Å². The normalized spacial score (nSPS) is 16.1. The molecule has 30 heavy (non-hydrogen) atoms. The number of hydrogen-bond donors (Lipinski definition) is 3. The zero-order valence-corrected chi connectivity index (χ0v) is 16.2. The minimum absolute atomic E-state index is 0.230. The Morgan fingerprint density at radius 2 is 2.00 bits per heavy atom. The van der Waals surface area contributed by atoms with Gasteiger partial charge in [-0.3, -0.25) is 10.2 Å². The van der Waals surface area contributed by atoms with E-state index in [0.29, 0.717) is 33.7 Å².